The predicted octanol–water partition coefficient (Wildman–Crippen LogP) is 4.97. The van der Waals surface area contributed by atoms with Gasteiger partial charge in [0, 0.05) is 26.7 Å². The molecule has 2 amide bonds. The summed E-state index contributed by atoms with van der Waals surface area (Å²) in [6.45, 7) is 0. The fourth-order valence-corrected chi connectivity index (χ4v) is 7.12. The molecule has 4 aliphatic rings. The normalized spacial score (nSPS) is 26.6. The number of ether oxygens (including phenoxy) is 1. The maximum absolute atomic E-state index is 13.9. The smallest absolute Gasteiger partial charge is 0.238 e. The molecule has 7 nitrogen and oxygen atoms in total. The van der Waals surface area contributed by atoms with Crippen molar-refractivity contribution in [1.82, 2.24) is 0 Å². The molecular formula is C29H21BrINO6. The molecule has 2 aromatic rings. The number of amides is 2. The van der Waals surface area contributed by atoms with Gasteiger partial charge in [0.25, 0.3) is 0 Å². The second-order valence-corrected chi connectivity index (χ2v) is 11.9. The zero-order valence-electron chi connectivity index (χ0n) is 20.1. The Bertz CT molecular complexity index is 1540. The molecule has 2 aromatic carbocycles. The number of benzene rings is 2. The van der Waals surface area contributed by atoms with Gasteiger partial charge in [0.15, 0.2) is 23.1 Å². The minimum absolute atomic E-state index is 0.0909. The summed E-state index contributed by atoms with van der Waals surface area (Å²) in [5.41, 5.74) is 2.67. The molecule has 3 aliphatic carbocycles. The van der Waals surface area contributed by atoms with Crippen molar-refractivity contribution in [3.8, 4) is 11.5 Å². The van der Waals surface area contributed by atoms with Crippen molar-refractivity contribution in [2.45, 2.75) is 18.8 Å². The highest BCUT2D eigenvalue weighted by atomic mass is 127. The van der Waals surface area contributed by atoms with E-state index in [2.05, 4.69) is 38.5 Å². The number of anilines is 1. The highest BCUT2D eigenvalue weighted by Gasteiger charge is 2.56. The van der Waals surface area contributed by atoms with Gasteiger partial charge < -0.3 is 9.84 Å². The Hall–Kier alpha value is -3.05. The van der Waals surface area contributed by atoms with Crippen LogP contribution in [0.4, 0.5) is 5.69 Å². The van der Waals surface area contributed by atoms with Gasteiger partial charge in [0.1, 0.15) is 0 Å². The molecule has 9 heteroatoms. The largest absolute Gasteiger partial charge is 0.504 e. The Morgan fingerprint density at radius 2 is 1.76 bits per heavy atom. The van der Waals surface area contributed by atoms with Crippen LogP contribution < -0.4 is 9.64 Å². The zero-order valence-corrected chi connectivity index (χ0v) is 23.9. The first-order chi connectivity index (χ1) is 18.2. The van der Waals surface area contributed by atoms with Crippen LogP contribution in [-0.4, -0.2) is 35.6 Å². The van der Waals surface area contributed by atoms with Crippen LogP contribution in [0, 0.1) is 21.3 Å². The lowest BCUT2D eigenvalue weighted by Crippen LogP contribution is -2.39. The summed E-state index contributed by atoms with van der Waals surface area (Å²) in [6, 6.07) is 12.1. The van der Waals surface area contributed by atoms with E-state index in [4.69, 9.17) is 4.74 Å². The lowest BCUT2D eigenvalue weighted by atomic mass is 9.59. The quantitative estimate of drug-likeness (QED) is 0.212. The van der Waals surface area contributed by atoms with Crippen LogP contribution >= 0.6 is 38.5 Å². The van der Waals surface area contributed by atoms with Crippen molar-refractivity contribution in [1.29, 1.82) is 0 Å². The molecule has 0 radical (unpaired) electrons. The van der Waals surface area contributed by atoms with Gasteiger partial charge >= 0.3 is 0 Å². The molecule has 1 aliphatic heterocycles. The number of Topliss-reactive ketones (excluding diaryl/α,β-unsaturated/α-hetero) is 1. The number of fused-ring (bicyclic) bond motifs is 3. The molecule has 192 valence electrons. The molecule has 0 spiro atoms. The molecule has 38 heavy (non-hydrogen) atoms. The average molecular weight is 686 g/mol. The second kappa shape index (κ2) is 9.30. The molecule has 0 saturated carbocycles. The van der Waals surface area contributed by atoms with Gasteiger partial charge in [-0.05, 0) is 99.2 Å². The summed E-state index contributed by atoms with van der Waals surface area (Å²) in [7, 11) is 1.45. The van der Waals surface area contributed by atoms with Crippen LogP contribution in [0.15, 0.2) is 75.8 Å². The Balaban J connectivity index is 1.48. The molecule has 4 atom stereocenters. The number of halogens is 2. The van der Waals surface area contributed by atoms with E-state index in [1.165, 1.54) is 24.2 Å². The number of carbonyl (C=O) groups is 4. The van der Waals surface area contributed by atoms with Gasteiger partial charge in [0.05, 0.1) is 29.1 Å². The molecule has 1 saturated heterocycles. The highest BCUT2D eigenvalue weighted by molar-refractivity contribution is 14.1. The van der Waals surface area contributed by atoms with Crippen molar-refractivity contribution >= 4 is 67.6 Å². The van der Waals surface area contributed by atoms with Crippen LogP contribution in [0.5, 0.6) is 11.5 Å². The van der Waals surface area contributed by atoms with E-state index in [1.54, 1.807) is 24.3 Å². The van der Waals surface area contributed by atoms with Gasteiger partial charge in [-0.3, -0.25) is 24.1 Å². The van der Waals surface area contributed by atoms with Gasteiger partial charge in [-0.2, -0.15) is 0 Å². The zero-order chi connectivity index (χ0) is 26.9. The third-order valence-corrected chi connectivity index (χ3v) is 9.26. The molecule has 0 unspecified atom stereocenters. The van der Waals surface area contributed by atoms with Crippen molar-refractivity contribution < 1.29 is 29.0 Å². The number of ketones is 2. The minimum atomic E-state index is -0.655. The van der Waals surface area contributed by atoms with E-state index in [1.807, 2.05) is 18.2 Å². The van der Waals surface area contributed by atoms with Gasteiger partial charge in [-0.15, -0.1) is 0 Å². The van der Waals surface area contributed by atoms with E-state index >= 15 is 0 Å². The lowest BCUT2D eigenvalue weighted by Gasteiger charge is -2.42. The summed E-state index contributed by atoms with van der Waals surface area (Å²) >= 11 is 5.40. The number of carbonyl (C=O) groups excluding carboxylic acids is 4. The summed E-state index contributed by atoms with van der Waals surface area (Å²) in [4.78, 5) is 55.2. The number of methoxy groups -OCH3 is 1. The molecule has 1 heterocycles. The summed E-state index contributed by atoms with van der Waals surface area (Å²) in [5, 5.41) is 10.5. The minimum Gasteiger partial charge on any atom is -0.504 e. The van der Waals surface area contributed by atoms with Crippen LogP contribution in [-0.2, 0) is 19.2 Å². The second-order valence-electron chi connectivity index (χ2n) is 9.81. The summed E-state index contributed by atoms with van der Waals surface area (Å²) < 4.78 is 6.36. The number of imide groups is 1. The Morgan fingerprint density at radius 1 is 1.03 bits per heavy atom. The SMILES string of the molecule is COc1ccc([C@H]2C3=CC[C@@H]4C(=O)N(c5ccc(I)cc5)C(=O)[C@@H]4[C@@H]3CC3=C2C(=O)C=C(Br)C3=O)cc1O. The number of phenols is 1. The predicted molar refractivity (Wildman–Crippen MR) is 151 cm³/mol. The first-order valence-electron chi connectivity index (χ1n) is 12.1. The Labute approximate surface area is 240 Å². The highest BCUT2D eigenvalue weighted by Crippen LogP contribution is 2.56. The molecule has 0 bridgehead atoms. The summed E-state index contributed by atoms with van der Waals surface area (Å²) in [5.74, 6) is -3.21. The number of phenolic OH excluding ortho intramolecular Hbond substituents is 1. The standard InChI is InChI=1S/C29H21BrINO6/c1-38-23-9-2-13(10-21(23)33)24-16-7-8-17-25(18(16)11-19-26(24)22(34)12-20(30)27(19)35)29(37)32(28(17)36)15-5-3-14(31)4-6-15/h2-7,9-10,12,17-18,24-25,33H,8,11H2,1H3/t17-,18+,24-,25-/m0/s1. The Kier molecular flexibility index (Phi) is 6.18. The molecule has 6 rings (SSSR count). The van der Waals surface area contributed by atoms with Gasteiger partial charge in [-0.1, -0.05) is 17.7 Å². The topological polar surface area (TPSA) is 101 Å². The summed E-state index contributed by atoms with van der Waals surface area (Å²) in [6.07, 6.45) is 3.78. The number of allylic oxidation sites excluding steroid dienone is 6. The average Bonchev–Trinajstić information content (AvgIpc) is 3.16. The molecule has 1 fully saturated rings. The van der Waals surface area contributed by atoms with Crippen LogP contribution in [0.2, 0.25) is 0 Å². The molecule has 1 N–H and O–H groups in total. The number of nitrogens with zero attached hydrogens (tertiary/aromatic N) is 1. The fraction of sp³-hybridized carbons (Fsp3) is 0.241. The van der Waals surface area contributed by atoms with Crippen LogP contribution in [0.25, 0.3) is 0 Å². The van der Waals surface area contributed by atoms with E-state index in [-0.39, 0.29) is 45.8 Å². The number of hydrogen-bond acceptors (Lipinski definition) is 6. The van der Waals surface area contributed by atoms with E-state index in [9.17, 15) is 24.3 Å². The number of hydrogen-bond donors (Lipinski definition) is 1. The first-order valence-corrected chi connectivity index (χ1v) is 14.0. The number of aromatic hydroxyl groups is 1. The maximum Gasteiger partial charge on any atom is 0.238 e. The van der Waals surface area contributed by atoms with Crippen molar-refractivity contribution in [3.63, 3.8) is 0 Å². The van der Waals surface area contributed by atoms with Crippen molar-refractivity contribution in [2.75, 3.05) is 12.0 Å². The fourth-order valence-electron chi connectivity index (χ4n) is 6.32. The third-order valence-electron chi connectivity index (χ3n) is 7.95. The van der Waals surface area contributed by atoms with Gasteiger partial charge in [0.2, 0.25) is 11.8 Å². The first kappa shape index (κ1) is 25.2. The number of rotatable bonds is 3. The van der Waals surface area contributed by atoms with Crippen molar-refractivity contribution in [3.05, 3.63) is 85.0 Å². The van der Waals surface area contributed by atoms with Crippen LogP contribution in [0.3, 0.4) is 0 Å². The van der Waals surface area contributed by atoms with Gasteiger partial charge in [-0.25, -0.2) is 0 Å². The lowest BCUT2D eigenvalue weighted by molar-refractivity contribution is -0.123. The Morgan fingerprint density at radius 3 is 2.45 bits per heavy atom. The van der Waals surface area contributed by atoms with E-state index < -0.39 is 23.7 Å². The van der Waals surface area contributed by atoms with E-state index in [0.29, 0.717) is 28.8 Å². The molecule has 0 aromatic heterocycles. The van der Waals surface area contributed by atoms with Crippen molar-refractivity contribution in [2.24, 2.45) is 17.8 Å². The third kappa shape index (κ3) is 3.73. The molecular weight excluding hydrogens is 665 g/mol. The van der Waals surface area contributed by atoms with E-state index in [0.717, 1.165) is 9.14 Å². The van der Waals surface area contributed by atoms with Crippen LogP contribution in [0.1, 0.15) is 24.3 Å². The maximum atomic E-state index is 13.9. The monoisotopic (exact) mass is 685 g/mol.